The van der Waals surface area contributed by atoms with E-state index in [1.165, 1.54) is 4.68 Å². The van der Waals surface area contributed by atoms with Gasteiger partial charge in [-0.15, -0.1) is 0 Å². The minimum atomic E-state index is -0.165. The van der Waals surface area contributed by atoms with E-state index in [0.717, 1.165) is 40.0 Å². The number of hydrogen-bond donors (Lipinski definition) is 0. The first kappa shape index (κ1) is 18.9. The molecule has 0 N–H and O–H groups in total. The third-order valence-corrected chi connectivity index (χ3v) is 6.08. The molecule has 0 radical (unpaired) electrons. The molecule has 1 atom stereocenters. The highest BCUT2D eigenvalue weighted by atomic mass is 127. The quantitative estimate of drug-likeness (QED) is 0.533. The molecule has 0 spiro atoms. The Kier molecular flexibility index (Phi) is 5.34. The van der Waals surface area contributed by atoms with E-state index in [9.17, 15) is 9.59 Å². The zero-order valence-electron chi connectivity index (χ0n) is 15.6. The number of likely N-dealkylation sites (tertiary alicyclic amines) is 1. The molecule has 1 aromatic heterocycles. The average molecular weight is 488 g/mol. The van der Waals surface area contributed by atoms with Gasteiger partial charge in [-0.25, -0.2) is 14.0 Å². The molecule has 6 nitrogen and oxygen atoms in total. The number of aromatic nitrogens is 3. The lowest BCUT2D eigenvalue weighted by Gasteiger charge is -2.32. The molecule has 1 fully saturated rings. The molecule has 0 bridgehead atoms. The summed E-state index contributed by atoms with van der Waals surface area (Å²) in [7, 11) is 1.67. The van der Waals surface area contributed by atoms with Crippen LogP contribution < -0.4 is 5.69 Å². The summed E-state index contributed by atoms with van der Waals surface area (Å²) in [5.74, 6) is 0.784. The van der Waals surface area contributed by atoms with Crippen molar-refractivity contribution in [3.8, 4) is 5.69 Å². The first-order valence-electron chi connectivity index (χ1n) is 9.31. The van der Waals surface area contributed by atoms with E-state index in [2.05, 4.69) is 27.7 Å². The van der Waals surface area contributed by atoms with Crippen molar-refractivity contribution < 1.29 is 4.79 Å². The van der Waals surface area contributed by atoms with Gasteiger partial charge in [0, 0.05) is 29.6 Å². The molecule has 1 saturated heterocycles. The van der Waals surface area contributed by atoms with Gasteiger partial charge < -0.3 is 4.90 Å². The zero-order valence-corrected chi connectivity index (χ0v) is 17.7. The van der Waals surface area contributed by atoms with Crippen molar-refractivity contribution in [2.24, 2.45) is 7.05 Å². The maximum atomic E-state index is 13.1. The Labute approximate surface area is 176 Å². The summed E-state index contributed by atoms with van der Waals surface area (Å²) in [6.45, 7) is 1.29. The predicted molar refractivity (Wildman–Crippen MR) is 116 cm³/mol. The number of piperidine rings is 1. The summed E-state index contributed by atoms with van der Waals surface area (Å²) in [5, 5.41) is 4.52. The van der Waals surface area contributed by atoms with Crippen LogP contribution >= 0.6 is 22.6 Å². The van der Waals surface area contributed by atoms with Crippen molar-refractivity contribution >= 4 is 28.5 Å². The minimum Gasteiger partial charge on any atom is -0.338 e. The van der Waals surface area contributed by atoms with Crippen molar-refractivity contribution in [2.75, 3.05) is 13.1 Å². The maximum Gasteiger partial charge on any atom is 0.350 e. The molecule has 0 saturated carbocycles. The van der Waals surface area contributed by atoms with Crippen LogP contribution in [0, 0.1) is 3.57 Å². The van der Waals surface area contributed by atoms with Crippen molar-refractivity contribution in [1.82, 2.24) is 19.2 Å². The monoisotopic (exact) mass is 488 g/mol. The lowest BCUT2D eigenvalue weighted by Crippen LogP contribution is -2.40. The Hall–Kier alpha value is -2.42. The number of nitrogens with zero attached hydrogens (tertiary/aromatic N) is 4. The minimum absolute atomic E-state index is 0.0215. The highest BCUT2D eigenvalue weighted by molar-refractivity contribution is 14.1. The van der Waals surface area contributed by atoms with Crippen LogP contribution in [0.5, 0.6) is 0 Å². The van der Waals surface area contributed by atoms with E-state index in [0.29, 0.717) is 6.54 Å². The van der Waals surface area contributed by atoms with E-state index >= 15 is 0 Å². The van der Waals surface area contributed by atoms with Crippen LogP contribution in [0.4, 0.5) is 0 Å². The van der Waals surface area contributed by atoms with E-state index in [1.807, 2.05) is 59.5 Å². The van der Waals surface area contributed by atoms with Gasteiger partial charge in [0.25, 0.3) is 5.91 Å². The van der Waals surface area contributed by atoms with Gasteiger partial charge >= 0.3 is 5.69 Å². The first-order valence-corrected chi connectivity index (χ1v) is 10.4. The topological polar surface area (TPSA) is 60.1 Å². The van der Waals surface area contributed by atoms with Crippen LogP contribution in [0.3, 0.4) is 0 Å². The van der Waals surface area contributed by atoms with Gasteiger partial charge in [0.05, 0.1) is 11.3 Å². The smallest absolute Gasteiger partial charge is 0.338 e. The summed E-state index contributed by atoms with van der Waals surface area (Å²) >= 11 is 2.20. The number of amides is 1. The summed E-state index contributed by atoms with van der Waals surface area (Å²) in [4.78, 5) is 27.6. The van der Waals surface area contributed by atoms with Gasteiger partial charge in [-0.05, 0) is 59.7 Å². The second kappa shape index (κ2) is 7.90. The zero-order chi connectivity index (χ0) is 19.7. The standard InChI is InChI=1S/C21H21IN4O2/c1-24-21(28)26(16-9-3-2-4-10-16)19(23-24)15-8-7-13-25(14-15)20(27)17-11-5-6-12-18(17)22/h2-6,9-12,15H,7-8,13-14H2,1H3. The first-order chi connectivity index (χ1) is 13.6. The summed E-state index contributed by atoms with van der Waals surface area (Å²) in [6.07, 6.45) is 1.79. The summed E-state index contributed by atoms with van der Waals surface area (Å²) < 4.78 is 4.00. The molecular weight excluding hydrogens is 467 g/mol. The van der Waals surface area contributed by atoms with Gasteiger partial charge in [-0.1, -0.05) is 30.3 Å². The Morgan fingerprint density at radius 3 is 2.57 bits per heavy atom. The normalized spacial score (nSPS) is 16.9. The van der Waals surface area contributed by atoms with Gasteiger partial charge in [-0.2, -0.15) is 5.10 Å². The fourth-order valence-electron chi connectivity index (χ4n) is 3.75. The third-order valence-electron chi connectivity index (χ3n) is 5.14. The highest BCUT2D eigenvalue weighted by Crippen LogP contribution is 2.28. The van der Waals surface area contributed by atoms with Crippen LogP contribution in [0.2, 0.25) is 0 Å². The fourth-order valence-corrected chi connectivity index (χ4v) is 4.36. The second-order valence-corrected chi connectivity index (χ2v) is 8.17. The summed E-state index contributed by atoms with van der Waals surface area (Å²) in [5.41, 5.74) is 1.36. The lowest BCUT2D eigenvalue weighted by atomic mass is 9.96. The van der Waals surface area contributed by atoms with Crippen molar-refractivity contribution in [1.29, 1.82) is 0 Å². The van der Waals surface area contributed by atoms with Crippen LogP contribution in [0.1, 0.15) is 34.9 Å². The number of halogens is 1. The number of benzene rings is 2. The van der Waals surface area contributed by atoms with Gasteiger partial charge in [-0.3, -0.25) is 4.79 Å². The van der Waals surface area contributed by atoms with Crippen molar-refractivity contribution in [3.05, 3.63) is 80.0 Å². The van der Waals surface area contributed by atoms with Gasteiger partial charge in [0.15, 0.2) is 0 Å². The van der Waals surface area contributed by atoms with Gasteiger partial charge in [0.1, 0.15) is 5.82 Å². The molecule has 1 amide bonds. The molecule has 0 aliphatic carbocycles. The molecule has 3 aromatic rings. The molecular formula is C21H21IN4O2. The number of hydrogen-bond acceptors (Lipinski definition) is 3. The molecule has 1 aliphatic heterocycles. The van der Waals surface area contributed by atoms with Crippen molar-refractivity contribution in [2.45, 2.75) is 18.8 Å². The Bertz CT molecular complexity index is 1060. The molecule has 2 aromatic carbocycles. The van der Waals surface area contributed by atoms with E-state index in [4.69, 9.17) is 0 Å². The lowest BCUT2D eigenvalue weighted by molar-refractivity contribution is 0.0702. The Morgan fingerprint density at radius 1 is 1.11 bits per heavy atom. The number of aryl methyl sites for hydroxylation is 1. The largest absolute Gasteiger partial charge is 0.350 e. The van der Waals surface area contributed by atoms with Gasteiger partial charge in [0.2, 0.25) is 0 Å². The maximum absolute atomic E-state index is 13.1. The molecule has 28 heavy (non-hydrogen) atoms. The predicted octanol–water partition coefficient (Wildman–Crippen LogP) is 3.20. The van der Waals surface area contributed by atoms with Crippen LogP contribution in [0.15, 0.2) is 59.4 Å². The van der Waals surface area contributed by atoms with E-state index < -0.39 is 0 Å². The van der Waals surface area contributed by atoms with Crippen LogP contribution in [-0.4, -0.2) is 38.2 Å². The number of para-hydroxylation sites is 1. The SMILES string of the molecule is Cn1nc(C2CCCN(C(=O)c3ccccc3I)C2)n(-c2ccccc2)c1=O. The second-order valence-electron chi connectivity index (χ2n) is 7.01. The third kappa shape index (κ3) is 3.50. The average Bonchev–Trinajstić information content (AvgIpc) is 3.03. The van der Waals surface area contributed by atoms with E-state index in [-0.39, 0.29) is 17.5 Å². The Morgan fingerprint density at radius 2 is 1.82 bits per heavy atom. The fraction of sp³-hybridized carbons (Fsp3) is 0.286. The molecule has 2 heterocycles. The molecule has 144 valence electrons. The number of carbonyl (C=O) groups is 1. The van der Waals surface area contributed by atoms with Crippen LogP contribution in [0.25, 0.3) is 5.69 Å². The van der Waals surface area contributed by atoms with E-state index in [1.54, 1.807) is 11.6 Å². The summed E-state index contributed by atoms with van der Waals surface area (Å²) in [6, 6.07) is 17.2. The number of carbonyl (C=O) groups excluding carboxylic acids is 1. The molecule has 1 aliphatic rings. The Balaban J connectivity index is 1.66. The molecule has 4 rings (SSSR count). The number of rotatable bonds is 3. The molecule has 7 heteroatoms. The molecule has 1 unspecified atom stereocenters. The van der Waals surface area contributed by atoms with Crippen molar-refractivity contribution in [3.63, 3.8) is 0 Å². The highest BCUT2D eigenvalue weighted by Gasteiger charge is 2.30. The van der Waals surface area contributed by atoms with Crippen LogP contribution in [-0.2, 0) is 7.05 Å².